The van der Waals surface area contributed by atoms with Gasteiger partial charge in [0.25, 0.3) is 5.91 Å². The lowest BCUT2D eigenvalue weighted by atomic mass is 10.1. The van der Waals surface area contributed by atoms with Crippen molar-refractivity contribution in [2.75, 3.05) is 27.0 Å². The van der Waals surface area contributed by atoms with E-state index in [0.29, 0.717) is 11.3 Å². The Bertz CT molecular complexity index is 382. The zero-order valence-electron chi connectivity index (χ0n) is 9.56. The minimum Gasteiger partial charge on any atom is -0.399 e. The molecule has 0 aliphatic carbocycles. The fourth-order valence-electron chi connectivity index (χ4n) is 1.27. The summed E-state index contributed by atoms with van der Waals surface area (Å²) in [7, 11) is 4.49. The second-order valence-electron chi connectivity index (χ2n) is 3.23. The van der Waals surface area contributed by atoms with Crippen LogP contribution in [0.2, 0.25) is 0 Å². The molecule has 0 fully saturated rings. The number of carbonyl (C=O) groups excluding carboxylic acids is 1. The summed E-state index contributed by atoms with van der Waals surface area (Å²) in [5.41, 5.74) is 8.88. The molecule has 0 unspecified atom stereocenters. The monoisotopic (exact) mass is 226 g/mol. The Morgan fingerprint density at radius 1 is 1.38 bits per heavy atom. The van der Waals surface area contributed by atoms with Gasteiger partial charge in [-0.3, -0.25) is 9.63 Å². The van der Waals surface area contributed by atoms with E-state index in [9.17, 15) is 4.79 Å². The minimum atomic E-state index is -0.263. The van der Waals surface area contributed by atoms with Crippen molar-refractivity contribution in [1.29, 1.82) is 0 Å². The Kier molecular flexibility index (Phi) is 4.24. The summed E-state index contributed by atoms with van der Waals surface area (Å²) in [5.74, 6) is -0.263. The van der Waals surface area contributed by atoms with Gasteiger partial charge in [0.1, 0.15) is 0 Å². The first kappa shape index (κ1) is 12.4. The molecular weight excluding hydrogens is 210 g/mol. The first-order valence-electron chi connectivity index (χ1n) is 4.67. The van der Waals surface area contributed by atoms with Crippen LogP contribution in [0.4, 0.5) is 11.4 Å². The highest BCUT2D eigenvalue weighted by Crippen LogP contribution is 2.14. The van der Waals surface area contributed by atoms with Crippen LogP contribution in [-0.4, -0.2) is 32.2 Å². The van der Waals surface area contributed by atoms with Gasteiger partial charge < -0.3 is 5.73 Å². The molecule has 4 N–H and O–H groups in total. The second kappa shape index (κ2) is 5.45. The van der Waals surface area contributed by atoms with E-state index in [2.05, 4.69) is 0 Å². The molecule has 0 spiro atoms. The fraction of sp³-hybridized carbons (Fsp3) is 0.300. The lowest BCUT2D eigenvalue weighted by Gasteiger charge is -2.13. The largest absolute Gasteiger partial charge is 0.399 e. The van der Waals surface area contributed by atoms with Crippen molar-refractivity contribution in [2.24, 2.45) is 0 Å². The maximum atomic E-state index is 11.8. The molecule has 1 aromatic carbocycles. The third kappa shape index (κ3) is 2.93. The highest BCUT2D eigenvalue weighted by atomic mass is 16.7. The first-order valence-corrected chi connectivity index (χ1v) is 4.67. The highest BCUT2D eigenvalue weighted by molar-refractivity contribution is 5.95. The van der Waals surface area contributed by atoms with Gasteiger partial charge in [0, 0.05) is 30.4 Å². The molecule has 0 radical (unpaired) electrons. The standard InChI is InChI=1S/C10H15N3O3/c1-13(16-3)10(14)7-4-8(11)6-9(5-7)12-15-2/h4-6,12H,11H2,1-3H3/p+1. The van der Waals surface area contributed by atoms with Crippen molar-refractivity contribution in [3.8, 4) is 0 Å². The van der Waals surface area contributed by atoms with E-state index in [-0.39, 0.29) is 5.91 Å². The maximum absolute atomic E-state index is 11.8. The Morgan fingerprint density at radius 2 is 2.06 bits per heavy atom. The van der Waals surface area contributed by atoms with Crippen LogP contribution in [0, 0.1) is 0 Å². The smallest absolute Gasteiger partial charge is 0.277 e. The predicted molar refractivity (Wildman–Crippen MR) is 58.6 cm³/mol. The van der Waals surface area contributed by atoms with Gasteiger partial charge in [0.05, 0.1) is 14.2 Å². The van der Waals surface area contributed by atoms with Crippen molar-refractivity contribution >= 4 is 17.3 Å². The van der Waals surface area contributed by atoms with Gasteiger partial charge >= 0.3 is 0 Å². The zero-order valence-corrected chi connectivity index (χ0v) is 9.56. The number of benzene rings is 1. The number of nitrogen functional groups attached to an aromatic ring is 1. The molecule has 0 heterocycles. The van der Waals surface area contributed by atoms with E-state index >= 15 is 0 Å². The van der Waals surface area contributed by atoms with Gasteiger partial charge in [-0.05, 0) is 6.07 Å². The molecule has 1 rings (SSSR count). The summed E-state index contributed by atoms with van der Waals surface area (Å²) in [6.45, 7) is 0. The lowest BCUT2D eigenvalue weighted by Crippen LogP contribution is -2.76. The van der Waals surface area contributed by atoms with Crippen LogP contribution in [0.25, 0.3) is 0 Å². The van der Waals surface area contributed by atoms with E-state index in [1.54, 1.807) is 18.2 Å². The number of carbonyl (C=O) groups is 1. The third-order valence-electron chi connectivity index (χ3n) is 2.04. The Labute approximate surface area is 93.8 Å². The molecule has 0 atom stereocenters. The van der Waals surface area contributed by atoms with Crippen molar-refractivity contribution in [3.05, 3.63) is 23.8 Å². The van der Waals surface area contributed by atoms with Crippen molar-refractivity contribution in [1.82, 2.24) is 5.06 Å². The Hall–Kier alpha value is -1.63. The van der Waals surface area contributed by atoms with Gasteiger partial charge in [-0.1, -0.05) is 0 Å². The van der Waals surface area contributed by atoms with Gasteiger partial charge in [-0.25, -0.2) is 9.90 Å². The van der Waals surface area contributed by atoms with E-state index < -0.39 is 0 Å². The SMILES string of the molecule is CO[NH2+]c1cc(N)cc(C(=O)N(C)OC)c1. The van der Waals surface area contributed by atoms with Gasteiger partial charge in [-0.2, -0.15) is 5.48 Å². The molecule has 1 amide bonds. The maximum Gasteiger partial charge on any atom is 0.277 e. The van der Waals surface area contributed by atoms with Crippen molar-refractivity contribution in [3.63, 3.8) is 0 Å². The summed E-state index contributed by atoms with van der Waals surface area (Å²) in [4.78, 5) is 21.5. The number of hydrogen-bond donors (Lipinski definition) is 2. The second-order valence-corrected chi connectivity index (χ2v) is 3.23. The molecule has 6 heteroatoms. The van der Waals surface area contributed by atoms with E-state index in [0.717, 1.165) is 10.8 Å². The Morgan fingerprint density at radius 3 is 2.62 bits per heavy atom. The molecular formula is C10H16N3O3+. The number of nitrogens with zero attached hydrogens (tertiary/aromatic N) is 1. The van der Waals surface area contributed by atoms with Crippen LogP contribution in [-0.2, 0) is 9.68 Å². The van der Waals surface area contributed by atoms with Crippen LogP contribution >= 0.6 is 0 Å². The average molecular weight is 226 g/mol. The summed E-state index contributed by atoms with van der Waals surface area (Å²) >= 11 is 0. The molecule has 6 nitrogen and oxygen atoms in total. The number of rotatable bonds is 4. The van der Waals surface area contributed by atoms with E-state index in [4.69, 9.17) is 15.4 Å². The lowest BCUT2D eigenvalue weighted by molar-refractivity contribution is -0.830. The van der Waals surface area contributed by atoms with Crippen LogP contribution in [0.5, 0.6) is 0 Å². The molecule has 1 aromatic rings. The highest BCUT2D eigenvalue weighted by Gasteiger charge is 2.14. The van der Waals surface area contributed by atoms with Crippen molar-refractivity contribution < 1.29 is 19.9 Å². The summed E-state index contributed by atoms with van der Waals surface area (Å²) in [5, 5.41) is 1.13. The van der Waals surface area contributed by atoms with Crippen LogP contribution < -0.4 is 11.2 Å². The summed E-state index contributed by atoms with van der Waals surface area (Å²) < 4.78 is 0. The number of hydrogen-bond acceptors (Lipinski definition) is 4. The quantitative estimate of drug-likeness (QED) is 0.543. The topological polar surface area (TPSA) is 81.4 Å². The third-order valence-corrected chi connectivity index (χ3v) is 2.04. The van der Waals surface area contributed by atoms with Gasteiger partial charge in [-0.15, -0.1) is 0 Å². The number of quaternary nitrogens is 1. The van der Waals surface area contributed by atoms with E-state index in [1.807, 2.05) is 0 Å². The normalized spacial score (nSPS) is 10.2. The molecule has 0 aliphatic rings. The molecule has 0 saturated heterocycles. The molecule has 0 saturated carbocycles. The molecule has 0 aromatic heterocycles. The molecule has 16 heavy (non-hydrogen) atoms. The van der Waals surface area contributed by atoms with Crippen molar-refractivity contribution in [2.45, 2.75) is 0 Å². The average Bonchev–Trinajstić information content (AvgIpc) is 2.26. The fourth-order valence-corrected chi connectivity index (χ4v) is 1.27. The zero-order chi connectivity index (χ0) is 12.1. The molecule has 0 aliphatic heterocycles. The first-order chi connectivity index (χ1) is 7.58. The molecule has 0 bridgehead atoms. The predicted octanol–water partition coefficient (Wildman–Crippen LogP) is -0.341. The van der Waals surface area contributed by atoms with Crippen LogP contribution in [0.1, 0.15) is 10.4 Å². The number of amides is 1. The summed E-state index contributed by atoms with van der Waals surface area (Å²) in [6, 6.07) is 4.98. The van der Waals surface area contributed by atoms with Gasteiger partial charge in [0.2, 0.25) is 0 Å². The molecule has 88 valence electrons. The summed E-state index contributed by atoms with van der Waals surface area (Å²) in [6.07, 6.45) is 0. The minimum absolute atomic E-state index is 0.263. The number of nitrogens with two attached hydrogens (primary N) is 2. The number of hydroxylamine groups is 2. The van der Waals surface area contributed by atoms with E-state index in [1.165, 1.54) is 26.7 Å². The Balaban J connectivity index is 2.99. The van der Waals surface area contributed by atoms with Crippen LogP contribution in [0.15, 0.2) is 18.2 Å². The van der Waals surface area contributed by atoms with Crippen LogP contribution in [0.3, 0.4) is 0 Å². The number of anilines is 1. The van der Waals surface area contributed by atoms with Gasteiger partial charge in [0.15, 0.2) is 5.69 Å².